The molecule has 8 nitrogen and oxygen atoms in total. The quantitative estimate of drug-likeness (QED) is 0.0695. The van der Waals surface area contributed by atoms with Crippen molar-refractivity contribution in [3.05, 3.63) is 0 Å². The van der Waals surface area contributed by atoms with Gasteiger partial charge in [-0.2, -0.15) is 0 Å². The maximum Gasteiger partial charge on any atom is 0.472 e. The first-order chi connectivity index (χ1) is 16.9. The number of ether oxygens (including phenoxy) is 2. The van der Waals surface area contributed by atoms with Crippen molar-refractivity contribution >= 4 is 13.8 Å². The Morgan fingerprint density at radius 3 is 1.80 bits per heavy atom. The van der Waals surface area contributed by atoms with Crippen LogP contribution in [0.2, 0.25) is 0 Å². The van der Waals surface area contributed by atoms with Crippen molar-refractivity contribution in [1.29, 1.82) is 0 Å². The number of hydrogen-bond donors (Lipinski definition) is 2. The highest BCUT2D eigenvalue weighted by atomic mass is 31.2. The fourth-order valence-corrected chi connectivity index (χ4v) is 4.46. The number of rotatable bonds is 27. The van der Waals surface area contributed by atoms with Crippen LogP contribution in [0.4, 0.5) is 0 Å². The topological polar surface area (TPSA) is 117 Å². The van der Waals surface area contributed by atoms with Gasteiger partial charge in [0.05, 0.1) is 19.8 Å². The second-order valence-corrected chi connectivity index (χ2v) is 10.7. The Kier molecular flexibility index (Phi) is 24.8. The van der Waals surface area contributed by atoms with Gasteiger partial charge in [0.2, 0.25) is 0 Å². The number of unbranched alkanes of at least 4 members (excludes halogenated alkanes) is 14. The molecule has 0 aromatic rings. The van der Waals surface area contributed by atoms with Crippen molar-refractivity contribution in [2.45, 2.75) is 129 Å². The third kappa shape index (κ3) is 25.0. The van der Waals surface area contributed by atoms with Crippen molar-refractivity contribution in [2.75, 3.05) is 33.0 Å². The lowest BCUT2D eigenvalue weighted by Crippen LogP contribution is -2.28. The van der Waals surface area contributed by atoms with Gasteiger partial charge < -0.3 is 20.1 Å². The van der Waals surface area contributed by atoms with E-state index in [4.69, 9.17) is 24.3 Å². The normalized spacial score (nSPS) is 14.1. The molecule has 0 aliphatic heterocycles. The van der Waals surface area contributed by atoms with Crippen LogP contribution < -0.4 is 5.73 Å². The van der Waals surface area contributed by atoms with E-state index in [1.807, 2.05) is 0 Å². The van der Waals surface area contributed by atoms with Gasteiger partial charge in [0.15, 0.2) is 0 Å². The van der Waals surface area contributed by atoms with Gasteiger partial charge in [-0.1, -0.05) is 104 Å². The Labute approximate surface area is 214 Å². The summed E-state index contributed by atoms with van der Waals surface area (Å²) in [6.07, 6.45) is 18.4. The first-order valence-corrected chi connectivity index (χ1v) is 15.5. The maximum absolute atomic E-state index is 12.3. The zero-order valence-electron chi connectivity index (χ0n) is 22.6. The molecule has 3 N–H and O–H groups in total. The molecule has 0 saturated heterocycles. The Morgan fingerprint density at radius 2 is 1.26 bits per heavy atom. The minimum atomic E-state index is -4.24. The van der Waals surface area contributed by atoms with Crippen LogP contribution in [0.5, 0.6) is 0 Å². The minimum absolute atomic E-state index is 0.0916. The first-order valence-electron chi connectivity index (χ1n) is 14.0. The van der Waals surface area contributed by atoms with Crippen LogP contribution in [-0.2, 0) is 27.9 Å². The van der Waals surface area contributed by atoms with E-state index in [-0.39, 0.29) is 32.3 Å². The standard InChI is InChI=1S/C26H54NO7P/c1-3-5-7-9-11-13-15-17-19-26(28)34-25(24-33-35(29,30)32-22-20-27)23-31-21-18-16-14-12-10-8-6-4-2/h25H,3-24,27H2,1-2H3,(H,29,30). The van der Waals surface area contributed by atoms with E-state index in [1.165, 1.54) is 70.6 Å². The van der Waals surface area contributed by atoms with Crippen LogP contribution in [0.1, 0.15) is 123 Å². The molecule has 35 heavy (non-hydrogen) atoms. The monoisotopic (exact) mass is 523 g/mol. The zero-order valence-corrected chi connectivity index (χ0v) is 23.4. The number of esters is 1. The Hall–Kier alpha value is -0.500. The predicted octanol–water partition coefficient (Wildman–Crippen LogP) is 6.68. The molecule has 2 unspecified atom stereocenters. The average molecular weight is 524 g/mol. The number of hydrogen-bond acceptors (Lipinski definition) is 7. The molecular weight excluding hydrogens is 469 g/mol. The van der Waals surface area contributed by atoms with Gasteiger partial charge in [0.25, 0.3) is 0 Å². The van der Waals surface area contributed by atoms with Gasteiger partial charge in [-0.3, -0.25) is 13.8 Å². The van der Waals surface area contributed by atoms with E-state index < -0.39 is 13.9 Å². The molecule has 0 amide bonds. The Balaban J connectivity index is 4.22. The van der Waals surface area contributed by atoms with Crippen molar-refractivity contribution in [3.63, 3.8) is 0 Å². The highest BCUT2D eigenvalue weighted by molar-refractivity contribution is 7.47. The third-order valence-electron chi connectivity index (χ3n) is 5.77. The van der Waals surface area contributed by atoms with Gasteiger partial charge >= 0.3 is 13.8 Å². The Morgan fingerprint density at radius 1 is 0.743 bits per heavy atom. The minimum Gasteiger partial charge on any atom is -0.457 e. The summed E-state index contributed by atoms with van der Waals surface area (Å²) in [6.45, 7) is 4.85. The molecule has 0 radical (unpaired) electrons. The van der Waals surface area contributed by atoms with Gasteiger partial charge in [-0.15, -0.1) is 0 Å². The van der Waals surface area contributed by atoms with E-state index in [0.717, 1.165) is 32.1 Å². The molecule has 0 spiro atoms. The Bertz CT molecular complexity index is 522. The summed E-state index contributed by atoms with van der Waals surface area (Å²) < 4.78 is 32.8. The lowest BCUT2D eigenvalue weighted by molar-refractivity contribution is -0.154. The lowest BCUT2D eigenvalue weighted by atomic mass is 10.1. The maximum atomic E-state index is 12.3. The van der Waals surface area contributed by atoms with Crippen LogP contribution in [0.15, 0.2) is 0 Å². The molecule has 2 atom stereocenters. The molecular formula is C26H54NO7P. The van der Waals surface area contributed by atoms with E-state index in [2.05, 4.69) is 13.8 Å². The van der Waals surface area contributed by atoms with E-state index in [0.29, 0.717) is 13.0 Å². The van der Waals surface area contributed by atoms with Crippen LogP contribution in [0.3, 0.4) is 0 Å². The smallest absolute Gasteiger partial charge is 0.457 e. The second-order valence-electron chi connectivity index (χ2n) is 9.27. The van der Waals surface area contributed by atoms with Gasteiger partial charge in [-0.25, -0.2) is 4.57 Å². The lowest BCUT2D eigenvalue weighted by Gasteiger charge is -2.20. The third-order valence-corrected chi connectivity index (χ3v) is 6.76. The number of phosphoric ester groups is 1. The van der Waals surface area contributed by atoms with Crippen LogP contribution in [0, 0.1) is 0 Å². The van der Waals surface area contributed by atoms with Gasteiger partial charge in [0.1, 0.15) is 6.10 Å². The summed E-state index contributed by atoms with van der Waals surface area (Å²) in [5.41, 5.74) is 5.30. The predicted molar refractivity (Wildman–Crippen MR) is 141 cm³/mol. The number of phosphoric acid groups is 1. The molecule has 0 heterocycles. The molecule has 9 heteroatoms. The van der Waals surface area contributed by atoms with Gasteiger partial charge in [0, 0.05) is 19.6 Å². The molecule has 0 aliphatic rings. The van der Waals surface area contributed by atoms with Crippen LogP contribution >= 0.6 is 7.82 Å². The summed E-state index contributed by atoms with van der Waals surface area (Å²) in [6, 6.07) is 0. The average Bonchev–Trinajstić information content (AvgIpc) is 2.84. The van der Waals surface area contributed by atoms with Gasteiger partial charge in [-0.05, 0) is 12.8 Å². The van der Waals surface area contributed by atoms with Crippen molar-refractivity contribution in [3.8, 4) is 0 Å². The van der Waals surface area contributed by atoms with Crippen molar-refractivity contribution in [2.24, 2.45) is 5.73 Å². The van der Waals surface area contributed by atoms with Crippen molar-refractivity contribution in [1.82, 2.24) is 0 Å². The number of carbonyl (C=O) groups excluding carboxylic acids is 1. The molecule has 0 rings (SSSR count). The summed E-state index contributed by atoms with van der Waals surface area (Å²) in [5.74, 6) is -0.337. The van der Waals surface area contributed by atoms with E-state index in [1.54, 1.807) is 0 Å². The summed E-state index contributed by atoms with van der Waals surface area (Å²) in [4.78, 5) is 22.0. The summed E-state index contributed by atoms with van der Waals surface area (Å²) in [5, 5.41) is 0. The van der Waals surface area contributed by atoms with E-state index >= 15 is 0 Å². The number of nitrogens with two attached hydrogens (primary N) is 1. The van der Waals surface area contributed by atoms with E-state index in [9.17, 15) is 14.3 Å². The summed E-state index contributed by atoms with van der Waals surface area (Å²) in [7, 11) is -4.24. The summed E-state index contributed by atoms with van der Waals surface area (Å²) >= 11 is 0. The molecule has 0 bridgehead atoms. The molecule has 210 valence electrons. The SMILES string of the molecule is CCCCCCCCCCOCC(COP(=O)(O)OCCN)OC(=O)CCCCCCCCCC. The highest BCUT2D eigenvalue weighted by Gasteiger charge is 2.25. The van der Waals surface area contributed by atoms with Crippen LogP contribution in [-0.4, -0.2) is 49.9 Å². The molecule has 0 aliphatic carbocycles. The second kappa shape index (κ2) is 25.2. The van der Waals surface area contributed by atoms with Crippen molar-refractivity contribution < 1.29 is 32.8 Å². The molecule has 0 aromatic heterocycles. The highest BCUT2D eigenvalue weighted by Crippen LogP contribution is 2.43. The fraction of sp³-hybridized carbons (Fsp3) is 0.962. The molecule has 0 aromatic carbocycles. The molecule has 0 fully saturated rings. The number of carbonyl (C=O) groups is 1. The first kappa shape index (κ1) is 34.5. The van der Waals surface area contributed by atoms with Crippen LogP contribution in [0.25, 0.3) is 0 Å². The molecule has 0 saturated carbocycles. The zero-order chi connectivity index (χ0) is 26.0. The largest absolute Gasteiger partial charge is 0.472 e. The fourth-order valence-electron chi connectivity index (χ4n) is 3.70.